The topological polar surface area (TPSA) is 75.7 Å². The lowest BCUT2D eigenvalue weighted by atomic mass is 10.1. The molecular weight excluding hydrogens is 412 g/mol. The van der Waals surface area contributed by atoms with Gasteiger partial charge in [-0.25, -0.2) is 8.42 Å². The molecule has 0 fully saturated rings. The van der Waals surface area contributed by atoms with Crippen molar-refractivity contribution >= 4 is 27.3 Å². The van der Waals surface area contributed by atoms with Crippen molar-refractivity contribution in [3.63, 3.8) is 0 Å². The second-order valence-corrected chi connectivity index (χ2v) is 9.17. The third-order valence-corrected chi connectivity index (χ3v) is 6.77. The molecule has 31 heavy (non-hydrogen) atoms. The molecule has 0 saturated carbocycles. The van der Waals surface area contributed by atoms with Gasteiger partial charge in [0.2, 0.25) is 5.91 Å². The number of nitrogens with one attached hydrogen (secondary N) is 1. The van der Waals surface area contributed by atoms with E-state index in [2.05, 4.69) is 5.32 Å². The number of benzene rings is 3. The Labute approximate surface area is 183 Å². The van der Waals surface area contributed by atoms with Crippen LogP contribution in [0.2, 0.25) is 0 Å². The number of para-hydroxylation sites is 3. The molecule has 3 aromatic rings. The van der Waals surface area contributed by atoms with Gasteiger partial charge in [0.1, 0.15) is 12.3 Å². The second-order valence-electron chi connectivity index (χ2n) is 7.31. The molecule has 3 aromatic carbocycles. The number of hydrogen-bond acceptors (Lipinski definition) is 4. The average Bonchev–Trinajstić information content (AvgIpc) is 2.75. The zero-order chi connectivity index (χ0) is 22.6. The van der Waals surface area contributed by atoms with Crippen LogP contribution in [-0.2, 0) is 14.8 Å². The minimum atomic E-state index is -4.02. The van der Waals surface area contributed by atoms with Gasteiger partial charge in [-0.15, -0.1) is 0 Å². The number of aryl methyl sites for hydroxylation is 3. The van der Waals surface area contributed by atoms with Gasteiger partial charge in [0.25, 0.3) is 10.0 Å². The summed E-state index contributed by atoms with van der Waals surface area (Å²) in [7, 11) is -2.55. The number of rotatable bonds is 7. The Bertz CT molecular complexity index is 1170. The standard InChI is InChI=1S/C24H26N2O4S/c1-17-12-14-20(15-13-17)31(28,29)26(21-10-5-6-11-22(21)30-4)16-23(27)25-24-18(2)8-7-9-19(24)3/h5-15H,16H2,1-4H3,(H,25,27). The van der Waals surface area contributed by atoms with Crippen molar-refractivity contribution in [2.75, 3.05) is 23.3 Å². The van der Waals surface area contributed by atoms with Crippen molar-refractivity contribution in [2.45, 2.75) is 25.7 Å². The van der Waals surface area contributed by atoms with Gasteiger partial charge in [0.05, 0.1) is 17.7 Å². The van der Waals surface area contributed by atoms with E-state index in [0.29, 0.717) is 17.1 Å². The van der Waals surface area contributed by atoms with Crippen LogP contribution in [0.15, 0.2) is 71.6 Å². The smallest absolute Gasteiger partial charge is 0.264 e. The van der Waals surface area contributed by atoms with Crippen LogP contribution in [0.4, 0.5) is 11.4 Å². The number of carbonyl (C=O) groups excluding carboxylic acids is 1. The minimum absolute atomic E-state index is 0.101. The van der Waals surface area contributed by atoms with Gasteiger partial charge < -0.3 is 10.1 Å². The number of methoxy groups -OCH3 is 1. The fourth-order valence-electron chi connectivity index (χ4n) is 3.29. The SMILES string of the molecule is COc1ccccc1N(CC(=O)Nc1c(C)cccc1C)S(=O)(=O)c1ccc(C)cc1. The first-order valence-corrected chi connectivity index (χ1v) is 11.3. The molecule has 0 atom stereocenters. The molecule has 1 amide bonds. The maximum Gasteiger partial charge on any atom is 0.264 e. The van der Waals surface area contributed by atoms with Gasteiger partial charge in [-0.3, -0.25) is 9.10 Å². The lowest BCUT2D eigenvalue weighted by molar-refractivity contribution is -0.114. The van der Waals surface area contributed by atoms with Crippen LogP contribution in [0.5, 0.6) is 5.75 Å². The maximum absolute atomic E-state index is 13.5. The second kappa shape index (κ2) is 9.22. The highest BCUT2D eigenvalue weighted by molar-refractivity contribution is 7.92. The number of anilines is 2. The lowest BCUT2D eigenvalue weighted by Gasteiger charge is -2.26. The Balaban J connectivity index is 2.02. The summed E-state index contributed by atoms with van der Waals surface area (Å²) >= 11 is 0. The van der Waals surface area contributed by atoms with Crippen LogP contribution in [0, 0.1) is 20.8 Å². The molecule has 0 saturated heterocycles. The monoisotopic (exact) mass is 438 g/mol. The van der Waals surface area contributed by atoms with Crippen molar-refractivity contribution < 1.29 is 17.9 Å². The predicted octanol–water partition coefficient (Wildman–Crippen LogP) is 4.45. The first-order chi connectivity index (χ1) is 14.7. The average molecular weight is 439 g/mol. The largest absolute Gasteiger partial charge is 0.495 e. The zero-order valence-corrected chi connectivity index (χ0v) is 18.9. The molecule has 0 aliphatic carbocycles. The van der Waals surface area contributed by atoms with Crippen LogP contribution in [0.25, 0.3) is 0 Å². The summed E-state index contributed by atoms with van der Waals surface area (Å²) in [5.41, 5.74) is 3.72. The molecule has 1 N–H and O–H groups in total. The van der Waals surface area contributed by atoms with E-state index in [-0.39, 0.29) is 4.90 Å². The summed E-state index contributed by atoms with van der Waals surface area (Å²) in [4.78, 5) is 13.1. The van der Waals surface area contributed by atoms with Crippen molar-refractivity contribution in [2.24, 2.45) is 0 Å². The number of hydrogen-bond donors (Lipinski definition) is 1. The summed E-state index contributed by atoms with van der Waals surface area (Å²) in [6.45, 7) is 5.27. The molecule has 0 bridgehead atoms. The normalized spacial score (nSPS) is 11.1. The summed E-state index contributed by atoms with van der Waals surface area (Å²) in [5, 5.41) is 2.86. The van der Waals surface area contributed by atoms with Crippen LogP contribution in [0.3, 0.4) is 0 Å². The predicted molar refractivity (Wildman–Crippen MR) is 123 cm³/mol. The Hall–Kier alpha value is -3.32. The van der Waals surface area contributed by atoms with Gasteiger partial charge in [0, 0.05) is 5.69 Å². The maximum atomic E-state index is 13.5. The lowest BCUT2D eigenvalue weighted by Crippen LogP contribution is -2.38. The number of carbonyl (C=O) groups is 1. The molecule has 3 rings (SSSR count). The van der Waals surface area contributed by atoms with Gasteiger partial charge in [-0.2, -0.15) is 0 Å². The molecule has 0 aromatic heterocycles. The van der Waals surface area contributed by atoms with Gasteiger partial charge in [0.15, 0.2) is 0 Å². The highest BCUT2D eigenvalue weighted by atomic mass is 32.2. The quantitative estimate of drug-likeness (QED) is 0.591. The molecule has 7 heteroatoms. The van der Waals surface area contributed by atoms with Crippen LogP contribution in [-0.4, -0.2) is 28.0 Å². The Morgan fingerprint density at radius 1 is 0.903 bits per heavy atom. The Morgan fingerprint density at radius 3 is 2.13 bits per heavy atom. The van der Waals surface area contributed by atoms with E-state index >= 15 is 0 Å². The van der Waals surface area contributed by atoms with Crippen molar-refractivity contribution in [1.29, 1.82) is 0 Å². The molecule has 6 nitrogen and oxygen atoms in total. The number of ether oxygens (including phenoxy) is 1. The van der Waals surface area contributed by atoms with E-state index in [4.69, 9.17) is 4.74 Å². The Kier molecular flexibility index (Phi) is 6.65. The summed E-state index contributed by atoms with van der Waals surface area (Å²) in [6, 6.07) is 19.0. The van der Waals surface area contributed by atoms with E-state index in [1.165, 1.54) is 19.2 Å². The molecule has 0 aliphatic rings. The third-order valence-electron chi connectivity index (χ3n) is 5.00. The fraction of sp³-hybridized carbons (Fsp3) is 0.208. The summed E-state index contributed by atoms with van der Waals surface area (Å²) in [5.74, 6) is -0.0861. The van der Waals surface area contributed by atoms with Crippen LogP contribution >= 0.6 is 0 Å². The molecule has 0 spiro atoms. The van der Waals surface area contributed by atoms with E-state index in [9.17, 15) is 13.2 Å². The first kappa shape index (κ1) is 22.4. The van der Waals surface area contributed by atoms with E-state index in [1.54, 1.807) is 36.4 Å². The van der Waals surface area contributed by atoms with Crippen molar-refractivity contribution in [1.82, 2.24) is 0 Å². The molecule has 0 radical (unpaired) electrons. The Morgan fingerprint density at radius 2 is 1.52 bits per heavy atom. The molecule has 0 unspecified atom stereocenters. The first-order valence-electron chi connectivity index (χ1n) is 9.82. The third kappa shape index (κ3) is 4.88. The van der Waals surface area contributed by atoms with Gasteiger partial charge in [-0.1, -0.05) is 48.0 Å². The zero-order valence-electron chi connectivity index (χ0n) is 18.0. The minimum Gasteiger partial charge on any atom is -0.495 e. The fourth-order valence-corrected chi connectivity index (χ4v) is 4.73. The van der Waals surface area contributed by atoms with Gasteiger partial charge >= 0.3 is 0 Å². The number of nitrogens with zero attached hydrogens (tertiary/aromatic N) is 1. The number of amides is 1. The van der Waals surface area contributed by atoms with Crippen molar-refractivity contribution in [3.8, 4) is 5.75 Å². The number of sulfonamides is 1. The van der Waals surface area contributed by atoms with E-state index < -0.39 is 22.5 Å². The molecule has 0 aliphatic heterocycles. The summed E-state index contributed by atoms with van der Waals surface area (Å²) in [6.07, 6.45) is 0. The van der Waals surface area contributed by atoms with Gasteiger partial charge in [-0.05, 0) is 56.2 Å². The molecule has 0 heterocycles. The summed E-state index contributed by atoms with van der Waals surface area (Å²) < 4.78 is 33.5. The van der Waals surface area contributed by atoms with E-state index in [0.717, 1.165) is 21.0 Å². The highest BCUT2D eigenvalue weighted by Crippen LogP contribution is 2.32. The van der Waals surface area contributed by atoms with Crippen LogP contribution < -0.4 is 14.4 Å². The highest BCUT2D eigenvalue weighted by Gasteiger charge is 2.29. The molecular formula is C24H26N2O4S. The van der Waals surface area contributed by atoms with E-state index in [1.807, 2.05) is 39.0 Å². The van der Waals surface area contributed by atoms with Crippen LogP contribution in [0.1, 0.15) is 16.7 Å². The molecule has 162 valence electrons. The van der Waals surface area contributed by atoms with Crippen molar-refractivity contribution in [3.05, 3.63) is 83.4 Å².